The fourth-order valence-corrected chi connectivity index (χ4v) is 3.89. The van der Waals surface area contributed by atoms with Crippen molar-refractivity contribution in [1.29, 1.82) is 0 Å². The highest BCUT2D eigenvalue weighted by Gasteiger charge is 2.44. The van der Waals surface area contributed by atoms with Gasteiger partial charge >= 0.3 is 0 Å². The molecule has 2 saturated heterocycles. The summed E-state index contributed by atoms with van der Waals surface area (Å²) >= 11 is 0. The minimum atomic E-state index is 0.149. The molecular weight excluding hydrogens is 250 g/mol. The predicted molar refractivity (Wildman–Crippen MR) is 77.8 cm³/mol. The largest absolute Gasteiger partial charge is 0.375 e. The van der Waals surface area contributed by atoms with Crippen LogP contribution in [-0.4, -0.2) is 17.2 Å². The monoisotopic (exact) mass is 269 g/mol. The van der Waals surface area contributed by atoms with E-state index in [2.05, 4.69) is 34.7 Å². The first-order valence-corrected chi connectivity index (χ1v) is 7.31. The standard InChI is InChI=1S/C16H19N3O/c17-19-16(14-8-11-4-5-15(14)20-11)13-3-1-2-10-9-18-7-6-12(10)13/h1-3,6-7,9,11,14-16,19H,4-5,8,17H2. The molecule has 0 saturated carbocycles. The molecule has 2 aromatic rings. The molecule has 2 fully saturated rings. The highest BCUT2D eigenvalue weighted by atomic mass is 16.5. The summed E-state index contributed by atoms with van der Waals surface area (Å²) < 4.78 is 5.99. The van der Waals surface area contributed by atoms with Gasteiger partial charge in [-0.25, -0.2) is 0 Å². The number of benzene rings is 1. The predicted octanol–water partition coefficient (Wildman–Crippen LogP) is 2.31. The zero-order chi connectivity index (χ0) is 13.5. The van der Waals surface area contributed by atoms with Crippen LogP contribution >= 0.6 is 0 Å². The second-order valence-electron chi connectivity index (χ2n) is 5.86. The number of rotatable bonds is 3. The summed E-state index contributed by atoms with van der Waals surface area (Å²) in [4.78, 5) is 4.20. The number of pyridine rings is 1. The van der Waals surface area contributed by atoms with Crippen molar-refractivity contribution in [2.75, 3.05) is 0 Å². The van der Waals surface area contributed by atoms with E-state index in [0.29, 0.717) is 18.1 Å². The molecule has 0 aliphatic carbocycles. The lowest BCUT2D eigenvalue weighted by molar-refractivity contribution is 0.0858. The van der Waals surface area contributed by atoms with Crippen LogP contribution in [0.2, 0.25) is 0 Å². The van der Waals surface area contributed by atoms with Gasteiger partial charge < -0.3 is 4.74 Å². The Bertz CT molecular complexity index is 625. The number of nitrogens with one attached hydrogen (secondary N) is 1. The van der Waals surface area contributed by atoms with Gasteiger partial charge in [0.25, 0.3) is 0 Å². The molecule has 3 heterocycles. The quantitative estimate of drug-likeness (QED) is 0.663. The third-order valence-corrected chi connectivity index (χ3v) is 4.81. The van der Waals surface area contributed by atoms with Gasteiger partial charge in [-0.2, -0.15) is 0 Å². The molecule has 0 radical (unpaired) electrons. The Hall–Kier alpha value is -1.49. The molecule has 104 valence electrons. The van der Waals surface area contributed by atoms with Crippen LogP contribution in [0, 0.1) is 5.92 Å². The van der Waals surface area contributed by atoms with Crippen molar-refractivity contribution in [2.24, 2.45) is 11.8 Å². The highest BCUT2D eigenvalue weighted by Crippen LogP contribution is 2.45. The van der Waals surface area contributed by atoms with Gasteiger partial charge in [0.15, 0.2) is 0 Å². The van der Waals surface area contributed by atoms with E-state index in [4.69, 9.17) is 10.6 Å². The van der Waals surface area contributed by atoms with Crippen molar-refractivity contribution >= 4 is 10.8 Å². The number of nitrogens with two attached hydrogens (primary N) is 1. The lowest BCUT2D eigenvalue weighted by Crippen LogP contribution is -2.37. The summed E-state index contributed by atoms with van der Waals surface area (Å²) in [6.07, 6.45) is 8.04. The average Bonchev–Trinajstić information content (AvgIpc) is 3.11. The molecule has 4 atom stereocenters. The second kappa shape index (κ2) is 4.81. The molecule has 2 aliphatic rings. The van der Waals surface area contributed by atoms with Crippen LogP contribution in [0.25, 0.3) is 10.8 Å². The topological polar surface area (TPSA) is 60.2 Å². The molecule has 4 heteroatoms. The first-order chi connectivity index (χ1) is 9.86. The highest BCUT2D eigenvalue weighted by molar-refractivity contribution is 5.85. The Labute approximate surface area is 118 Å². The average molecular weight is 269 g/mol. The molecular formula is C16H19N3O. The maximum atomic E-state index is 5.99. The Balaban J connectivity index is 1.76. The van der Waals surface area contributed by atoms with Gasteiger partial charge in [-0.1, -0.05) is 18.2 Å². The van der Waals surface area contributed by atoms with E-state index in [1.54, 1.807) is 0 Å². The van der Waals surface area contributed by atoms with Crippen LogP contribution < -0.4 is 11.3 Å². The second-order valence-corrected chi connectivity index (χ2v) is 5.86. The number of hydrazine groups is 1. The van der Waals surface area contributed by atoms with E-state index in [1.165, 1.54) is 23.8 Å². The first-order valence-electron chi connectivity index (χ1n) is 7.31. The maximum Gasteiger partial charge on any atom is 0.0627 e. The fraction of sp³-hybridized carbons (Fsp3) is 0.438. The van der Waals surface area contributed by atoms with Crippen LogP contribution in [0.5, 0.6) is 0 Å². The number of aromatic nitrogens is 1. The van der Waals surface area contributed by atoms with Crippen molar-refractivity contribution < 1.29 is 4.74 Å². The van der Waals surface area contributed by atoms with E-state index >= 15 is 0 Å². The summed E-state index contributed by atoms with van der Waals surface area (Å²) in [6.45, 7) is 0. The summed E-state index contributed by atoms with van der Waals surface area (Å²) in [5.41, 5.74) is 4.29. The van der Waals surface area contributed by atoms with Crippen molar-refractivity contribution in [1.82, 2.24) is 10.4 Å². The molecule has 4 nitrogen and oxygen atoms in total. The number of ether oxygens (including phenoxy) is 1. The molecule has 1 aromatic heterocycles. The van der Waals surface area contributed by atoms with Gasteiger partial charge in [0.2, 0.25) is 0 Å². The molecule has 2 bridgehead atoms. The van der Waals surface area contributed by atoms with Crippen LogP contribution in [0.15, 0.2) is 36.7 Å². The number of hydrogen-bond acceptors (Lipinski definition) is 4. The minimum Gasteiger partial charge on any atom is -0.375 e. The molecule has 1 aromatic carbocycles. The normalized spacial score (nSPS) is 29.9. The lowest BCUT2D eigenvalue weighted by Gasteiger charge is -2.29. The van der Waals surface area contributed by atoms with Gasteiger partial charge in [-0.05, 0) is 36.3 Å². The third-order valence-electron chi connectivity index (χ3n) is 4.81. The Morgan fingerprint density at radius 1 is 1.30 bits per heavy atom. The van der Waals surface area contributed by atoms with E-state index in [-0.39, 0.29) is 6.04 Å². The van der Waals surface area contributed by atoms with Crippen LogP contribution in [0.4, 0.5) is 0 Å². The molecule has 0 amide bonds. The molecule has 2 aliphatic heterocycles. The van der Waals surface area contributed by atoms with E-state index in [0.717, 1.165) is 11.8 Å². The van der Waals surface area contributed by atoms with Crippen molar-refractivity contribution in [3.05, 3.63) is 42.2 Å². The smallest absolute Gasteiger partial charge is 0.0627 e. The van der Waals surface area contributed by atoms with Gasteiger partial charge in [0, 0.05) is 23.7 Å². The Morgan fingerprint density at radius 3 is 3.00 bits per heavy atom. The van der Waals surface area contributed by atoms with Gasteiger partial charge in [-0.15, -0.1) is 0 Å². The summed E-state index contributed by atoms with van der Waals surface area (Å²) in [7, 11) is 0. The Kier molecular flexibility index (Phi) is 2.95. The van der Waals surface area contributed by atoms with Crippen LogP contribution in [0.1, 0.15) is 30.9 Å². The summed E-state index contributed by atoms with van der Waals surface area (Å²) in [5.74, 6) is 6.36. The number of hydrogen-bond donors (Lipinski definition) is 2. The van der Waals surface area contributed by atoms with E-state index in [1.807, 2.05) is 12.4 Å². The minimum absolute atomic E-state index is 0.149. The Morgan fingerprint density at radius 2 is 2.25 bits per heavy atom. The van der Waals surface area contributed by atoms with Crippen molar-refractivity contribution in [3.8, 4) is 0 Å². The zero-order valence-corrected chi connectivity index (χ0v) is 11.3. The third kappa shape index (κ3) is 1.84. The van der Waals surface area contributed by atoms with Crippen molar-refractivity contribution in [3.63, 3.8) is 0 Å². The molecule has 0 spiro atoms. The first kappa shape index (κ1) is 12.3. The van der Waals surface area contributed by atoms with Crippen LogP contribution in [-0.2, 0) is 4.74 Å². The van der Waals surface area contributed by atoms with Gasteiger partial charge in [0.05, 0.1) is 18.2 Å². The molecule has 4 unspecified atom stereocenters. The summed E-state index contributed by atoms with van der Waals surface area (Å²) in [5, 5.41) is 2.39. The fourth-order valence-electron chi connectivity index (χ4n) is 3.89. The molecule has 20 heavy (non-hydrogen) atoms. The van der Waals surface area contributed by atoms with Crippen LogP contribution in [0.3, 0.4) is 0 Å². The summed E-state index contributed by atoms with van der Waals surface area (Å²) in [6, 6.07) is 8.56. The van der Waals surface area contributed by atoms with Gasteiger partial charge in [-0.3, -0.25) is 16.3 Å². The van der Waals surface area contributed by atoms with Gasteiger partial charge in [0.1, 0.15) is 0 Å². The lowest BCUT2D eigenvalue weighted by atomic mass is 9.80. The number of fused-ring (bicyclic) bond motifs is 3. The van der Waals surface area contributed by atoms with Crippen molar-refractivity contribution in [2.45, 2.75) is 37.5 Å². The molecule has 3 N–H and O–H groups in total. The SMILES string of the molecule is NNC(c1cccc2cnccc12)C1CC2CCC1O2. The van der Waals surface area contributed by atoms with E-state index in [9.17, 15) is 0 Å². The zero-order valence-electron chi connectivity index (χ0n) is 11.3. The number of nitrogens with zero attached hydrogens (tertiary/aromatic N) is 1. The molecule has 4 rings (SSSR count). The maximum absolute atomic E-state index is 5.99. The van der Waals surface area contributed by atoms with E-state index < -0.39 is 0 Å².